The number of rotatable bonds is 10. The molecule has 3 aliphatic carbocycles. The van der Waals surface area contributed by atoms with E-state index in [1.165, 1.54) is 10.4 Å². The fourth-order valence-electron chi connectivity index (χ4n) is 9.15. The maximum Gasteiger partial charge on any atom is 0.261 e. The molecule has 0 amide bonds. The van der Waals surface area contributed by atoms with Crippen LogP contribution in [0.15, 0.2) is 84.5 Å². The first kappa shape index (κ1) is 35.2. The van der Waals surface area contributed by atoms with Gasteiger partial charge in [0.15, 0.2) is 8.32 Å². The number of hydrogen-bond donors (Lipinski definition) is 0. The molecular weight excluding hydrogens is 607 g/mol. The molecule has 0 aliphatic heterocycles. The van der Waals surface area contributed by atoms with Crippen molar-refractivity contribution in [3.8, 4) is 29.8 Å². The van der Waals surface area contributed by atoms with Gasteiger partial charge in [-0.25, -0.2) is 0 Å². The van der Waals surface area contributed by atoms with Gasteiger partial charge in [-0.05, 0) is 89.3 Å². The van der Waals surface area contributed by atoms with E-state index in [0.717, 1.165) is 62.2 Å². The molecule has 0 N–H and O–H groups in total. The first-order valence-electron chi connectivity index (χ1n) is 17.9. The van der Waals surface area contributed by atoms with Crippen LogP contribution in [0.1, 0.15) is 80.1 Å². The summed E-state index contributed by atoms with van der Waals surface area (Å²) in [5.41, 5.74) is -0.0414. The van der Waals surface area contributed by atoms with Crippen LogP contribution in [-0.4, -0.2) is 28.8 Å². The second-order valence-electron chi connectivity index (χ2n) is 14.8. The van der Waals surface area contributed by atoms with Gasteiger partial charge in [-0.15, -0.1) is 0 Å². The summed E-state index contributed by atoms with van der Waals surface area (Å²) in [4.78, 5) is 0. The van der Waals surface area contributed by atoms with Crippen molar-refractivity contribution in [2.75, 3.05) is 6.61 Å². The van der Waals surface area contributed by atoms with Crippen molar-refractivity contribution in [1.29, 1.82) is 5.26 Å². The van der Waals surface area contributed by atoms with Crippen LogP contribution >= 0.6 is 0 Å². The summed E-state index contributed by atoms with van der Waals surface area (Å²) in [5, 5.41) is 13.0. The number of allylic oxidation sites excluding steroid dienone is 3. The standard InChI is InChI=1S/C42H53NO2Si2/c1-7-46(8-2,9-3)45-41-30-19-11-10-14-22-35-23-20-24-36(42(35,32-21-31-41)39(41)29-33-43)34-44-47(40(4,5)6,37-25-15-12-16-26-37)38-27-17-13-18-28-38/h10-13,15-18,25-29,35-36H,7-9,20-21,23-24,31-32,34H2,1-6H3/b11-10-,39-29+/t35-,36-,41-,42-/m1/s1. The zero-order chi connectivity index (χ0) is 33.6. The lowest BCUT2D eigenvalue weighted by Crippen LogP contribution is -2.67. The van der Waals surface area contributed by atoms with Crippen molar-refractivity contribution in [3.05, 3.63) is 84.5 Å². The second-order valence-corrected chi connectivity index (χ2v) is 23.8. The largest absolute Gasteiger partial charge is 0.407 e. The Morgan fingerprint density at radius 2 is 1.49 bits per heavy atom. The van der Waals surface area contributed by atoms with Gasteiger partial charge in [0.05, 0.1) is 6.07 Å². The van der Waals surface area contributed by atoms with Crippen molar-refractivity contribution >= 4 is 27.0 Å². The lowest BCUT2D eigenvalue weighted by atomic mass is 9.49. The summed E-state index contributed by atoms with van der Waals surface area (Å²) in [6.07, 6.45) is 11.6. The molecule has 4 atom stereocenters. The third-order valence-electron chi connectivity index (χ3n) is 11.7. The van der Waals surface area contributed by atoms with Crippen molar-refractivity contribution in [2.24, 2.45) is 17.3 Å². The molecule has 0 radical (unpaired) electrons. The predicted molar refractivity (Wildman–Crippen MR) is 200 cm³/mol. The monoisotopic (exact) mass is 659 g/mol. The molecular formula is C42H53NO2Si2. The maximum atomic E-state index is 10.5. The summed E-state index contributed by atoms with van der Waals surface area (Å²) in [6.45, 7) is 14.5. The van der Waals surface area contributed by atoms with Crippen molar-refractivity contribution < 1.29 is 8.85 Å². The van der Waals surface area contributed by atoms with Crippen LogP contribution in [0.2, 0.25) is 23.2 Å². The minimum atomic E-state index is -2.77. The van der Waals surface area contributed by atoms with Crippen molar-refractivity contribution in [3.63, 3.8) is 0 Å². The van der Waals surface area contributed by atoms with Crippen LogP contribution < -0.4 is 10.4 Å². The van der Waals surface area contributed by atoms with E-state index < -0.39 is 22.2 Å². The van der Waals surface area contributed by atoms with E-state index in [0.29, 0.717) is 6.61 Å². The van der Waals surface area contributed by atoms with Gasteiger partial charge in [0.2, 0.25) is 0 Å². The Labute approximate surface area is 287 Å². The second kappa shape index (κ2) is 14.6. The Hall–Kier alpha value is -3.12. The summed E-state index contributed by atoms with van der Waals surface area (Å²) in [7, 11) is -4.89. The Morgan fingerprint density at radius 1 is 0.872 bits per heavy atom. The van der Waals surface area contributed by atoms with Gasteiger partial charge in [0, 0.05) is 24.0 Å². The van der Waals surface area contributed by atoms with Crippen LogP contribution in [0, 0.1) is 52.3 Å². The number of nitrogens with zero attached hydrogens (tertiary/aromatic N) is 1. The Kier molecular flexibility index (Phi) is 10.9. The van der Waals surface area contributed by atoms with Gasteiger partial charge in [-0.3, -0.25) is 0 Å². The molecule has 0 saturated heterocycles. The van der Waals surface area contributed by atoms with E-state index in [9.17, 15) is 5.26 Å². The summed E-state index contributed by atoms with van der Waals surface area (Å²) < 4.78 is 15.2. The third-order valence-corrected chi connectivity index (χ3v) is 21.3. The highest BCUT2D eigenvalue weighted by Gasteiger charge is 2.60. The molecule has 47 heavy (non-hydrogen) atoms. The van der Waals surface area contributed by atoms with Gasteiger partial charge in [-0.2, -0.15) is 5.26 Å². The van der Waals surface area contributed by atoms with Gasteiger partial charge in [0.25, 0.3) is 8.32 Å². The highest BCUT2D eigenvalue weighted by Crippen LogP contribution is 2.61. The van der Waals surface area contributed by atoms with Crippen LogP contribution in [0.5, 0.6) is 0 Å². The quantitative estimate of drug-likeness (QED) is 0.145. The van der Waals surface area contributed by atoms with E-state index in [1.54, 1.807) is 0 Å². The number of fused-ring (bicyclic) bond motifs is 1. The molecule has 5 heteroatoms. The molecule has 2 bridgehead atoms. The SMILES string of the molecule is CC[Si](CC)(CC)O[C@]12C#C/C=C\C#C[C@@H]3CCC[C@H](CO[Si](c4ccccc4)(c4ccccc4)C(C)(C)C)[C@]3(CCC1)/C2=C/C#N. The van der Waals surface area contributed by atoms with Crippen LogP contribution in [-0.2, 0) is 8.85 Å². The molecule has 246 valence electrons. The van der Waals surface area contributed by atoms with Gasteiger partial charge in [-0.1, -0.05) is 132 Å². The summed E-state index contributed by atoms with van der Waals surface area (Å²) in [6, 6.07) is 27.5. The smallest absolute Gasteiger partial charge is 0.261 e. The molecule has 1 spiro atoms. The Morgan fingerprint density at radius 3 is 2.06 bits per heavy atom. The van der Waals surface area contributed by atoms with Crippen LogP contribution in [0.4, 0.5) is 0 Å². The number of hydrogen-bond acceptors (Lipinski definition) is 3. The first-order valence-corrected chi connectivity index (χ1v) is 22.4. The lowest BCUT2D eigenvalue weighted by Gasteiger charge is -2.58. The number of nitriles is 1. The molecule has 2 saturated carbocycles. The average molecular weight is 660 g/mol. The maximum absolute atomic E-state index is 10.5. The molecule has 0 heterocycles. The van der Waals surface area contributed by atoms with Crippen LogP contribution in [0.25, 0.3) is 0 Å². The summed E-state index contributed by atoms with van der Waals surface area (Å²) in [5.74, 6) is 14.4. The molecule has 5 rings (SSSR count). The fraction of sp³-hybridized carbons (Fsp3) is 0.500. The van der Waals surface area contributed by atoms with Gasteiger partial charge in [0.1, 0.15) is 5.60 Å². The van der Waals surface area contributed by atoms with Gasteiger partial charge < -0.3 is 8.85 Å². The Bertz CT molecular complexity index is 1560. The minimum absolute atomic E-state index is 0.109. The molecule has 2 fully saturated rings. The molecule has 0 unspecified atom stereocenters. The topological polar surface area (TPSA) is 42.2 Å². The molecule has 0 aromatic heterocycles. The molecule has 3 aliphatic rings. The molecule has 3 nitrogen and oxygen atoms in total. The highest BCUT2D eigenvalue weighted by atomic mass is 28.4. The predicted octanol–water partition coefficient (Wildman–Crippen LogP) is 8.94. The average Bonchev–Trinajstić information content (AvgIpc) is 3.08. The van der Waals surface area contributed by atoms with E-state index in [4.69, 9.17) is 8.85 Å². The third kappa shape index (κ3) is 6.39. The van der Waals surface area contributed by atoms with Crippen LogP contribution in [0.3, 0.4) is 0 Å². The fourth-order valence-corrected chi connectivity index (χ4v) is 16.7. The molecule has 2 aromatic rings. The van der Waals surface area contributed by atoms with E-state index in [-0.39, 0.29) is 22.3 Å². The molecule has 2 aromatic carbocycles. The van der Waals surface area contributed by atoms with E-state index in [1.807, 2.05) is 18.2 Å². The van der Waals surface area contributed by atoms with Crippen molar-refractivity contribution in [2.45, 2.75) is 109 Å². The highest BCUT2D eigenvalue weighted by molar-refractivity contribution is 6.99. The Balaban J connectivity index is 1.69. The van der Waals surface area contributed by atoms with E-state index >= 15 is 0 Å². The lowest BCUT2D eigenvalue weighted by molar-refractivity contribution is -0.0181. The number of benzene rings is 2. The van der Waals surface area contributed by atoms with Gasteiger partial charge >= 0.3 is 0 Å². The first-order chi connectivity index (χ1) is 22.7. The minimum Gasteiger partial charge on any atom is -0.407 e. The zero-order valence-corrected chi connectivity index (χ0v) is 31.5. The van der Waals surface area contributed by atoms with Crippen molar-refractivity contribution in [1.82, 2.24) is 0 Å². The zero-order valence-electron chi connectivity index (χ0n) is 29.5. The summed E-state index contributed by atoms with van der Waals surface area (Å²) >= 11 is 0. The van der Waals surface area contributed by atoms with E-state index in [2.05, 4.69) is 132 Å². The normalized spacial score (nSPS) is 27.3.